The Morgan fingerprint density at radius 3 is 1.92 bits per heavy atom. The first-order chi connectivity index (χ1) is 11.4. The van der Waals surface area contributed by atoms with Crippen LogP contribution in [0.5, 0.6) is 0 Å². The van der Waals surface area contributed by atoms with Gasteiger partial charge in [0.2, 0.25) is 0 Å². The maximum absolute atomic E-state index is 5.35. The van der Waals surface area contributed by atoms with Crippen molar-refractivity contribution < 1.29 is 0 Å². The molecule has 5 nitrogen and oxygen atoms in total. The lowest BCUT2D eigenvalue weighted by Gasteiger charge is -2.11. The third-order valence-corrected chi connectivity index (χ3v) is 3.50. The topological polar surface area (TPSA) is 74.5 Å². The van der Waals surface area contributed by atoms with Crippen molar-refractivity contribution in [2.45, 2.75) is 13.8 Å². The highest BCUT2D eigenvalue weighted by molar-refractivity contribution is 7.80. The Labute approximate surface area is 152 Å². The smallest absolute Gasteiger partial charge is 0.184 e. The van der Waals surface area contributed by atoms with Gasteiger partial charge in [-0.05, 0) is 68.1 Å². The fourth-order valence-corrected chi connectivity index (χ4v) is 2.21. The molecule has 0 aromatic heterocycles. The Morgan fingerprint density at radius 2 is 1.42 bits per heavy atom. The highest BCUT2D eigenvalue weighted by atomic mass is 32.1. The molecule has 2 rings (SSSR count). The predicted octanol–water partition coefficient (Wildman–Crippen LogP) is 3.36. The summed E-state index contributed by atoms with van der Waals surface area (Å²) in [5.74, 6) is 0. The highest BCUT2D eigenvalue weighted by Gasteiger charge is 2.01. The SMILES string of the molecule is C/C(=N\NC(N)=S)c1ccc(NC(=S)Nc2ccc(C)cc2)cc1. The molecular weight excluding hydrogens is 338 g/mol. The lowest BCUT2D eigenvalue weighted by Crippen LogP contribution is -2.25. The normalized spacial score (nSPS) is 10.8. The number of hydrogen-bond acceptors (Lipinski definition) is 3. The van der Waals surface area contributed by atoms with Gasteiger partial charge in [-0.2, -0.15) is 5.10 Å². The first kappa shape index (κ1) is 17.8. The van der Waals surface area contributed by atoms with E-state index in [1.54, 1.807) is 0 Å². The molecule has 124 valence electrons. The summed E-state index contributed by atoms with van der Waals surface area (Å²) in [6.07, 6.45) is 0. The molecule has 0 radical (unpaired) electrons. The van der Waals surface area contributed by atoms with Gasteiger partial charge < -0.3 is 16.4 Å². The number of benzene rings is 2. The Balaban J connectivity index is 1.95. The van der Waals surface area contributed by atoms with Gasteiger partial charge in [-0.3, -0.25) is 5.43 Å². The fraction of sp³-hybridized carbons (Fsp3) is 0.118. The third kappa shape index (κ3) is 5.60. The molecule has 5 N–H and O–H groups in total. The first-order valence-corrected chi connectivity index (χ1v) is 8.10. The van der Waals surface area contributed by atoms with Crippen molar-refractivity contribution in [1.82, 2.24) is 5.43 Å². The van der Waals surface area contributed by atoms with E-state index < -0.39 is 0 Å². The number of hydrogen-bond donors (Lipinski definition) is 4. The van der Waals surface area contributed by atoms with Crippen LogP contribution in [-0.2, 0) is 0 Å². The molecular formula is C17H19N5S2. The molecule has 2 aromatic rings. The molecule has 0 bridgehead atoms. The van der Waals surface area contributed by atoms with E-state index in [0.717, 1.165) is 22.6 Å². The van der Waals surface area contributed by atoms with Crippen LogP contribution in [0.1, 0.15) is 18.1 Å². The number of thiocarbonyl (C=S) groups is 2. The van der Waals surface area contributed by atoms with E-state index in [-0.39, 0.29) is 5.11 Å². The minimum absolute atomic E-state index is 0.139. The van der Waals surface area contributed by atoms with Crippen LogP contribution >= 0.6 is 24.4 Å². The molecule has 0 aliphatic carbocycles. The molecule has 0 saturated carbocycles. The van der Waals surface area contributed by atoms with Gasteiger partial charge in [0.1, 0.15) is 0 Å². The van der Waals surface area contributed by atoms with Gasteiger partial charge in [-0.15, -0.1) is 0 Å². The highest BCUT2D eigenvalue weighted by Crippen LogP contribution is 2.13. The Bertz CT molecular complexity index is 752. The second-order valence-electron chi connectivity index (χ2n) is 5.20. The largest absolute Gasteiger partial charge is 0.375 e. The summed E-state index contributed by atoms with van der Waals surface area (Å²) in [5, 5.41) is 11.1. The molecule has 0 spiro atoms. The van der Waals surface area contributed by atoms with Crippen molar-refractivity contribution in [2.75, 3.05) is 10.6 Å². The fourth-order valence-electron chi connectivity index (χ4n) is 1.93. The van der Waals surface area contributed by atoms with Crippen molar-refractivity contribution in [3.05, 3.63) is 59.7 Å². The van der Waals surface area contributed by atoms with Gasteiger partial charge in [-0.25, -0.2) is 0 Å². The number of nitrogens with two attached hydrogens (primary N) is 1. The lowest BCUT2D eigenvalue weighted by atomic mass is 10.1. The summed E-state index contributed by atoms with van der Waals surface area (Å²) in [7, 11) is 0. The zero-order valence-electron chi connectivity index (χ0n) is 13.5. The second kappa shape index (κ2) is 8.37. The molecule has 0 aliphatic rings. The van der Waals surface area contributed by atoms with E-state index in [9.17, 15) is 0 Å². The summed E-state index contributed by atoms with van der Waals surface area (Å²) in [5.41, 5.74) is 12.7. The van der Waals surface area contributed by atoms with Crippen LogP contribution < -0.4 is 21.8 Å². The number of nitrogens with zero attached hydrogens (tertiary/aromatic N) is 1. The Hall–Kier alpha value is -2.51. The molecule has 0 fully saturated rings. The van der Waals surface area contributed by atoms with Crippen molar-refractivity contribution in [3.8, 4) is 0 Å². The maximum atomic E-state index is 5.35. The van der Waals surface area contributed by atoms with Crippen LogP contribution in [0.15, 0.2) is 53.6 Å². The van der Waals surface area contributed by atoms with Crippen molar-refractivity contribution in [3.63, 3.8) is 0 Å². The lowest BCUT2D eigenvalue weighted by molar-refractivity contribution is 1.03. The standard InChI is InChI=1S/C17H19N5S2/c1-11-3-7-14(8-4-11)19-17(24)20-15-9-5-13(6-10-15)12(2)21-22-16(18)23/h3-10H,1-2H3,(H3,18,22,23)(H2,19,20,24)/b21-12+. The van der Waals surface area contributed by atoms with E-state index in [1.807, 2.05) is 62.4 Å². The predicted molar refractivity (Wildman–Crippen MR) is 110 cm³/mol. The van der Waals surface area contributed by atoms with Gasteiger partial charge >= 0.3 is 0 Å². The van der Waals surface area contributed by atoms with Crippen LogP contribution in [0.4, 0.5) is 11.4 Å². The van der Waals surface area contributed by atoms with E-state index >= 15 is 0 Å². The van der Waals surface area contributed by atoms with E-state index in [4.69, 9.17) is 30.2 Å². The van der Waals surface area contributed by atoms with Crippen molar-refractivity contribution in [1.29, 1.82) is 0 Å². The molecule has 0 unspecified atom stereocenters. The number of anilines is 2. The Morgan fingerprint density at radius 1 is 0.917 bits per heavy atom. The summed E-state index contributed by atoms with van der Waals surface area (Å²) >= 11 is 10.0. The number of hydrazone groups is 1. The number of aryl methyl sites for hydroxylation is 1. The molecule has 0 saturated heterocycles. The molecule has 2 aromatic carbocycles. The number of nitrogens with one attached hydrogen (secondary N) is 3. The van der Waals surface area contributed by atoms with Gasteiger partial charge in [-0.1, -0.05) is 29.8 Å². The van der Waals surface area contributed by atoms with Crippen LogP contribution in [0, 0.1) is 6.92 Å². The molecule has 7 heteroatoms. The molecule has 0 amide bonds. The number of rotatable bonds is 4. The van der Waals surface area contributed by atoms with E-state index in [0.29, 0.717) is 5.11 Å². The molecule has 24 heavy (non-hydrogen) atoms. The van der Waals surface area contributed by atoms with Crippen LogP contribution in [0.3, 0.4) is 0 Å². The molecule has 0 atom stereocenters. The Kier molecular flexibility index (Phi) is 6.22. The van der Waals surface area contributed by atoms with Crippen LogP contribution in [0.2, 0.25) is 0 Å². The summed E-state index contributed by atoms with van der Waals surface area (Å²) in [6, 6.07) is 15.8. The van der Waals surface area contributed by atoms with Crippen molar-refractivity contribution >= 4 is 51.7 Å². The molecule has 0 aliphatic heterocycles. The zero-order chi connectivity index (χ0) is 17.5. The van der Waals surface area contributed by atoms with Crippen molar-refractivity contribution in [2.24, 2.45) is 10.8 Å². The first-order valence-electron chi connectivity index (χ1n) is 7.29. The third-order valence-electron chi connectivity index (χ3n) is 3.20. The summed E-state index contributed by atoms with van der Waals surface area (Å²) in [6.45, 7) is 3.92. The van der Waals surface area contributed by atoms with Gasteiger partial charge in [0, 0.05) is 11.4 Å². The van der Waals surface area contributed by atoms with Gasteiger partial charge in [0.25, 0.3) is 0 Å². The van der Waals surface area contributed by atoms with Crippen LogP contribution in [0.25, 0.3) is 0 Å². The minimum Gasteiger partial charge on any atom is -0.375 e. The van der Waals surface area contributed by atoms with Gasteiger partial charge in [0.05, 0.1) is 5.71 Å². The molecule has 0 heterocycles. The quantitative estimate of drug-likeness (QED) is 0.382. The van der Waals surface area contributed by atoms with Crippen LogP contribution in [-0.4, -0.2) is 15.9 Å². The average molecular weight is 358 g/mol. The van der Waals surface area contributed by atoms with E-state index in [1.165, 1.54) is 5.56 Å². The minimum atomic E-state index is 0.139. The van der Waals surface area contributed by atoms with E-state index in [2.05, 4.69) is 21.2 Å². The monoisotopic (exact) mass is 357 g/mol. The maximum Gasteiger partial charge on any atom is 0.184 e. The summed E-state index contributed by atoms with van der Waals surface area (Å²) < 4.78 is 0. The zero-order valence-corrected chi connectivity index (χ0v) is 15.1. The van der Waals surface area contributed by atoms with Gasteiger partial charge in [0.15, 0.2) is 10.2 Å². The average Bonchev–Trinajstić information content (AvgIpc) is 2.55. The summed E-state index contributed by atoms with van der Waals surface area (Å²) in [4.78, 5) is 0. The second-order valence-corrected chi connectivity index (χ2v) is 6.04.